The Morgan fingerprint density at radius 3 is 2.74 bits per heavy atom. The number of thiazole rings is 1. The highest BCUT2D eigenvalue weighted by Crippen LogP contribution is 2.25. The Labute approximate surface area is 139 Å². The van der Waals surface area contributed by atoms with Crippen molar-refractivity contribution < 1.29 is 9.90 Å². The van der Waals surface area contributed by atoms with Crippen molar-refractivity contribution in [1.82, 2.24) is 19.7 Å². The molecule has 3 rings (SSSR count). The Hall–Kier alpha value is -1.73. The second kappa shape index (κ2) is 6.80. The molecule has 0 spiro atoms. The number of aromatic nitrogens is 3. The SMILES string of the molecule is CC(C)c1nc(CN2CCC(n3ccc(C(=O)O)n3)CC2)cs1. The third-order valence-corrected chi connectivity index (χ3v) is 5.40. The third kappa shape index (κ3) is 3.79. The summed E-state index contributed by atoms with van der Waals surface area (Å²) >= 11 is 1.74. The molecule has 6 nitrogen and oxygen atoms in total. The van der Waals surface area contributed by atoms with Crippen LogP contribution in [0.2, 0.25) is 0 Å². The molecular formula is C16H22N4O2S. The number of carboxylic acids is 1. The standard InChI is InChI=1S/C16H22N4O2S/c1-11(2)15-17-12(10-23-15)9-19-6-3-13(4-7-19)20-8-5-14(18-20)16(21)22/h5,8,10-11,13H,3-4,6-7,9H2,1-2H3,(H,21,22). The van der Waals surface area contributed by atoms with E-state index in [-0.39, 0.29) is 5.69 Å². The van der Waals surface area contributed by atoms with Gasteiger partial charge in [0.05, 0.1) is 16.7 Å². The Bertz CT molecular complexity index is 671. The van der Waals surface area contributed by atoms with Gasteiger partial charge in [0.2, 0.25) is 0 Å². The average Bonchev–Trinajstić information content (AvgIpc) is 3.17. The highest BCUT2D eigenvalue weighted by molar-refractivity contribution is 7.09. The van der Waals surface area contributed by atoms with Crippen LogP contribution in [-0.4, -0.2) is 43.8 Å². The summed E-state index contributed by atoms with van der Waals surface area (Å²) in [6.07, 6.45) is 3.75. The molecule has 1 N–H and O–H groups in total. The van der Waals surface area contributed by atoms with Gasteiger partial charge in [-0.25, -0.2) is 9.78 Å². The number of aromatic carboxylic acids is 1. The number of likely N-dealkylation sites (tertiary alicyclic amines) is 1. The first-order valence-corrected chi connectivity index (χ1v) is 8.86. The molecule has 1 saturated heterocycles. The van der Waals surface area contributed by atoms with E-state index in [1.807, 2.05) is 0 Å². The third-order valence-electron chi connectivity index (χ3n) is 4.21. The Morgan fingerprint density at radius 2 is 2.17 bits per heavy atom. The molecule has 0 aromatic carbocycles. The predicted octanol–water partition coefficient (Wildman–Crippen LogP) is 3.00. The van der Waals surface area contributed by atoms with Gasteiger partial charge in [0.1, 0.15) is 0 Å². The van der Waals surface area contributed by atoms with Gasteiger partial charge in [-0.3, -0.25) is 9.58 Å². The summed E-state index contributed by atoms with van der Waals surface area (Å²) in [7, 11) is 0. The van der Waals surface area contributed by atoms with Crippen LogP contribution in [0, 0.1) is 0 Å². The molecule has 0 radical (unpaired) electrons. The second-order valence-corrected chi connectivity index (χ2v) is 7.21. The van der Waals surface area contributed by atoms with Crippen LogP contribution in [0.15, 0.2) is 17.6 Å². The fourth-order valence-electron chi connectivity index (χ4n) is 2.89. The maximum atomic E-state index is 10.9. The first-order valence-electron chi connectivity index (χ1n) is 7.98. The van der Waals surface area contributed by atoms with E-state index in [9.17, 15) is 4.79 Å². The first kappa shape index (κ1) is 16.1. The van der Waals surface area contributed by atoms with Gasteiger partial charge in [0.25, 0.3) is 0 Å². The minimum atomic E-state index is -0.967. The van der Waals surface area contributed by atoms with E-state index >= 15 is 0 Å². The second-order valence-electron chi connectivity index (χ2n) is 6.33. The lowest BCUT2D eigenvalue weighted by molar-refractivity contribution is 0.0688. The summed E-state index contributed by atoms with van der Waals surface area (Å²) in [6.45, 7) is 7.21. The zero-order valence-electron chi connectivity index (χ0n) is 13.5. The molecule has 0 amide bonds. The molecule has 2 aromatic heterocycles. The zero-order valence-corrected chi connectivity index (χ0v) is 14.3. The van der Waals surface area contributed by atoms with Crippen LogP contribution < -0.4 is 0 Å². The summed E-state index contributed by atoms with van der Waals surface area (Å²) in [4.78, 5) is 18.0. The van der Waals surface area contributed by atoms with Crippen LogP contribution >= 0.6 is 11.3 Å². The molecule has 1 aliphatic rings. The maximum Gasteiger partial charge on any atom is 0.356 e. The van der Waals surface area contributed by atoms with Crippen LogP contribution in [0.4, 0.5) is 0 Å². The summed E-state index contributed by atoms with van der Waals surface area (Å²) in [5, 5.41) is 16.5. The quantitative estimate of drug-likeness (QED) is 0.910. The molecule has 124 valence electrons. The Balaban J connectivity index is 1.54. The van der Waals surface area contributed by atoms with Crippen LogP contribution in [0.1, 0.15) is 59.8 Å². The van der Waals surface area contributed by atoms with Crippen molar-refractivity contribution in [3.8, 4) is 0 Å². The van der Waals surface area contributed by atoms with E-state index < -0.39 is 5.97 Å². The van der Waals surface area contributed by atoms with E-state index in [0.29, 0.717) is 12.0 Å². The van der Waals surface area contributed by atoms with Crippen molar-refractivity contribution in [3.63, 3.8) is 0 Å². The van der Waals surface area contributed by atoms with Gasteiger partial charge in [-0.1, -0.05) is 13.8 Å². The fraction of sp³-hybridized carbons (Fsp3) is 0.562. The number of carboxylic acid groups (broad SMARTS) is 1. The van der Waals surface area contributed by atoms with Crippen LogP contribution in [0.25, 0.3) is 0 Å². The molecule has 1 fully saturated rings. The molecular weight excluding hydrogens is 312 g/mol. The molecule has 0 aliphatic carbocycles. The van der Waals surface area contributed by atoms with E-state index in [4.69, 9.17) is 10.1 Å². The summed E-state index contributed by atoms with van der Waals surface area (Å²) in [6, 6.07) is 1.86. The van der Waals surface area contributed by atoms with Crippen molar-refractivity contribution in [2.45, 2.75) is 45.2 Å². The smallest absolute Gasteiger partial charge is 0.356 e. The highest BCUT2D eigenvalue weighted by atomic mass is 32.1. The molecule has 1 aliphatic heterocycles. The molecule has 2 aromatic rings. The van der Waals surface area contributed by atoms with Gasteiger partial charge in [-0.05, 0) is 18.9 Å². The molecule has 3 heterocycles. The van der Waals surface area contributed by atoms with Gasteiger partial charge in [-0.15, -0.1) is 11.3 Å². The number of rotatable bonds is 5. The number of hydrogen-bond donors (Lipinski definition) is 1. The number of carbonyl (C=O) groups is 1. The summed E-state index contributed by atoms with van der Waals surface area (Å²) in [5.74, 6) is -0.478. The van der Waals surface area contributed by atoms with Crippen molar-refractivity contribution in [1.29, 1.82) is 0 Å². The Kier molecular flexibility index (Phi) is 4.77. The lowest BCUT2D eigenvalue weighted by Gasteiger charge is -2.31. The number of nitrogens with zero attached hydrogens (tertiary/aromatic N) is 4. The first-order chi connectivity index (χ1) is 11.0. The van der Waals surface area contributed by atoms with E-state index in [0.717, 1.165) is 38.2 Å². The molecule has 0 atom stereocenters. The van der Waals surface area contributed by atoms with E-state index in [1.165, 1.54) is 5.01 Å². The Morgan fingerprint density at radius 1 is 1.43 bits per heavy atom. The van der Waals surface area contributed by atoms with Gasteiger partial charge in [-0.2, -0.15) is 5.10 Å². The predicted molar refractivity (Wildman–Crippen MR) is 88.9 cm³/mol. The molecule has 0 saturated carbocycles. The highest BCUT2D eigenvalue weighted by Gasteiger charge is 2.22. The van der Waals surface area contributed by atoms with Crippen molar-refractivity contribution in [2.24, 2.45) is 0 Å². The topological polar surface area (TPSA) is 71.2 Å². The molecule has 7 heteroatoms. The van der Waals surface area contributed by atoms with Crippen LogP contribution in [0.5, 0.6) is 0 Å². The molecule has 23 heavy (non-hydrogen) atoms. The number of hydrogen-bond acceptors (Lipinski definition) is 5. The van der Waals surface area contributed by atoms with Gasteiger partial charge < -0.3 is 5.11 Å². The van der Waals surface area contributed by atoms with E-state index in [2.05, 4.69) is 29.2 Å². The largest absolute Gasteiger partial charge is 0.476 e. The zero-order chi connectivity index (χ0) is 16.4. The van der Waals surface area contributed by atoms with Crippen molar-refractivity contribution >= 4 is 17.3 Å². The number of piperidine rings is 1. The van der Waals surface area contributed by atoms with Gasteiger partial charge >= 0.3 is 5.97 Å². The minimum Gasteiger partial charge on any atom is -0.476 e. The minimum absolute atomic E-state index is 0.121. The molecule has 0 bridgehead atoms. The van der Waals surface area contributed by atoms with Gasteiger partial charge in [0, 0.05) is 37.1 Å². The van der Waals surface area contributed by atoms with Crippen molar-refractivity contribution in [3.05, 3.63) is 34.0 Å². The van der Waals surface area contributed by atoms with Gasteiger partial charge in [0.15, 0.2) is 5.69 Å². The molecule has 0 unspecified atom stereocenters. The average molecular weight is 334 g/mol. The summed E-state index contributed by atoms with van der Waals surface area (Å²) in [5.41, 5.74) is 1.28. The van der Waals surface area contributed by atoms with Crippen molar-refractivity contribution in [2.75, 3.05) is 13.1 Å². The van der Waals surface area contributed by atoms with E-state index in [1.54, 1.807) is 28.3 Å². The monoisotopic (exact) mass is 334 g/mol. The normalized spacial score (nSPS) is 17.0. The fourth-order valence-corrected chi connectivity index (χ4v) is 3.71. The van der Waals surface area contributed by atoms with Crippen LogP contribution in [0.3, 0.4) is 0 Å². The lowest BCUT2D eigenvalue weighted by Crippen LogP contribution is -2.34. The lowest BCUT2D eigenvalue weighted by atomic mass is 10.1. The van der Waals surface area contributed by atoms with Crippen LogP contribution in [-0.2, 0) is 6.54 Å². The maximum absolute atomic E-state index is 10.9. The summed E-state index contributed by atoms with van der Waals surface area (Å²) < 4.78 is 1.81.